The van der Waals surface area contributed by atoms with Crippen LogP contribution in [0.15, 0.2) is 150 Å². The van der Waals surface area contributed by atoms with E-state index in [4.69, 9.17) is 13.7 Å². The Hall–Kier alpha value is -4.14. The fourth-order valence-corrected chi connectivity index (χ4v) is 4.69. The van der Waals surface area contributed by atoms with Gasteiger partial charge in [-0.25, -0.2) is 0 Å². The molecule has 6 aromatic rings. The van der Waals surface area contributed by atoms with Crippen LogP contribution in [-0.4, -0.2) is 0 Å². The maximum atomic E-state index is 8.40. The van der Waals surface area contributed by atoms with Gasteiger partial charge in [0.1, 0.15) is 0 Å². The van der Waals surface area contributed by atoms with E-state index in [-0.39, 0.29) is 35.3 Å². The number of hydrogen-bond donors (Lipinski definition) is 0. The van der Waals surface area contributed by atoms with E-state index in [9.17, 15) is 0 Å². The molecule has 6 rings (SSSR count). The van der Waals surface area contributed by atoms with E-state index in [0.29, 0.717) is 11.1 Å². The first-order valence-electron chi connectivity index (χ1n) is 16.2. The molecule has 0 atom stereocenters. The minimum Gasteiger partial charge on any atom is -0.310 e. The van der Waals surface area contributed by atoms with Gasteiger partial charge in [-0.15, -0.1) is 0 Å². The summed E-state index contributed by atoms with van der Waals surface area (Å²) in [4.78, 5) is 2.01. The third kappa shape index (κ3) is 4.32. The van der Waals surface area contributed by atoms with Crippen molar-refractivity contribution < 1.29 is 13.7 Å². The van der Waals surface area contributed by atoms with Crippen molar-refractivity contribution in [2.45, 2.75) is 0 Å². The first kappa shape index (κ1) is 13.8. The third-order valence-corrected chi connectivity index (χ3v) is 6.61. The van der Waals surface area contributed by atoms with Gasteiger partial charge in [0, 0.05) is 21.2 Å². The van der Waals surface area contributed by atoms with Gasteiger partial charge in [0.2, 0.25) is 0 Å². The summed E-state index contributed by atoms with van der Waals surface area (Å²) >= 11 is 3.65. The monoisotopic (exact) mass is 535 g/mol. The number of halogens is 1. The van der Waals surface area contributed by atoms with E-state index in [0.717, 1.165) is 32.3 Å². The van der Waals surface area contributed by atoms with Crippen LogP contribution in [0.4, 0.5) is 17.1 Å². The molecule has 1 nitrogen and oxygen atoms in total. The highest BCUT2D eigenvalue weighted by molar-refractivity contribution is 9.10. The molecule has 36 heavy (non-hydrogen) atoms. The molecule has 0 fully saturated rings. The summed E-state index contributed by atoms with van der Waals surface area (Å²) in [6, 6.07) is 22.4. The van der Waals surface area contributed by atoms with Crippen molar-refractivity contribution in [1.29, 1.82) is 0 Å². The molecule has 6 aromatic carbocycles. The zero-order valence-electron chi connectivity index (χ0n) is 28.9. The number of benzene rings is 6. The smallest absolute Gasteiger partial charge is 0.0629 e. The standard InChI is InChI=1S/C34H24BrN/c35-33-23-24-34(32-14-8-7-13-31(32)33)36(29-19-15-27(16-20-29)25-9-3-1-4-10-25)30-21-17-28(18-22-30)26-11-5-2-6-12-26/h1-24H/i1D,2D,3D,4D,5D,6D,9D,10D,11D,12D. The molecule has 0 N–H and O–H groups in total. The average Bonchev–Trinajstić information content (AvgIpc) is 3.07. The van der Waals surface area contributed by atoms with Crippen molar-refractivity contribution in [3.63, 3.8) is 0 Å². The highest BCUT2D eigenvalue weighted by atomic mass is 79.9. The van der Waals surface area contributed by atoms with Crippen LogP contribution >= 0.6 is 15.9 Å². The lowest BCUT2D eigenvalue weighted by Gasteiger charge is -2.27. The van der Waals surface area contributed by atoms with E-state index >= 15 is 0 Å². The van der Waals surface area contributed by atoms with Gasteiger partial charge in [-0.1, -0.05) is 125 Å². The lowest BCUT2D eigenvalue weighted by molar-refractivity contribution is 1.30. The van der Waals surface area contributed by atoms with Crippen molar-refractivity contribution in [3.05, 3.63) is 150 Å². The van der Waals surface area contributed by atoms with Gasteiger partial charge >= 0.3 is 0 Å². The zero-order valence-corrected chi connectivity index (χ0v) is 20.5. The minimum atomic E-state index is -0.448. The van der Waals surface area contributed by atoms with Crippen LogP contribution < -0.4 is 4.90 Å². The molecule has 0 amide bonds. The predicted octanol–water partition coefficient (Wildman–Crippen LogP) is 10.4. The number of anilines is 3. The first-order valence-corrected chi connectivity index (χ1v) is 12.0. The molecule has 0 spiro atoms. The SMILES string of the molecule is [2H]c1c([2H])c([2H])c(-c2ccc(N(c3ccc(-c4c([2H])c([2H])c([2H])c([2H])c4[2H])cc3)c3ccc(Br)c4ccccc34)cc2)c([2H])c1[2H]. The van der Waals surface area contributed by atoms with Gasteiger partial charge in [-0.2, -0.15) is 0 Å². The Morgan fingerprint density at radius 3 is 1.44 bits per heavy atom. The Morgan fingerprint density at radius 2 is 0.944 bits per heavy atom. The number of hydrogen-bond acceptors (Lipinski definition) is 1. The van der Waals surface area contributed by atoms with Gasteiger partial charge in [0.05, 0.1) is 19.4 Å². The van der Waals surface area contributed by atoms with E-state index in [1.54, 1.807) is 24.3 Å². The molecule has 0 radical (unpaired) electrons. The van der Waals surface area contributed by atoms with Gasteiger partial charge < -0.3 is 4.90 Å². The molecule has 0 aliphatic rings. The zero-order chi connectivity index (χ0) is 33.0. The Bertz CT molecular complexity index is 2000. The number of nitrogens with zero attached hydrogens (tertiary/aromatic N) is 1. The lowest BCUT2D eigenvalue weighted by Crippen LogP contribution is -2.10. The van der Waals surface area contributed by atoms with Crippen LogP contribution in [0.3, 0.4) is 0 Å². The molecule has 0 bridgehead atoms. The third-order valence-electron chi connectivity index (χ3n) is 5.92. The predicted molar refractivity (Wildman–Crippen MR) is 157 cm³/mol. The van der Waals surface area contributed by atoms with Gasteiger partial charge in [0.15, 0.2) is 0 Å². The van der Waals surface area contributed by atoms with Gasteiger partial charge in [-0.05, 0) is 64.0 Å². The Labute approximate surface area is 234 Å². The first-order chi connectivity index (χ1) is 21.9. The normalized spacial score (nSPS) is 14.8. The molecule has 0 saturated carbocycles. The Morgan fingerprint density at radius 1 is 0.472 bits per heavy atom. The summed E-state index contributed by atoms with van der Waals surface area (Å²) in [5, 5.41) is 1.93. The maximum absolute atomic E-state index is 8.40. The fraction of sp³-hybridized carbons (Fsp3) is 0. The van der Waals surface area contributed by atoms with Gasteiger partial charge in [0.25, 0.3) is 0 Å². The second kappa shape index (κ2) is 9.85. The quantitative estimate of drug-likeness (QED) is 0.212. The number of fused-ring (bicyclic) bond motifs is 1. The van der Waals surface area contributed by atoms with Crippen LogP contribution in [-0.2, 0) is 0 Å². The van der Waals surface area contributed by atoms with Crippen molar-refractivity contribution in [2.24, 2.45) is 0 Å². The average molecular weight is 537 g/mol. The fourth-order valence-electron chi connectivity index (χ4n) is 4.21. The van der Waals surface area contributed by atoms with Gasteiger partial charge in [-0.3, -0.25) is 0 Å². The van der Waals surface area contributed by atoms with Crippen molar-refractivity contribution in [1.82, 2.24) is 0 Å². The topological polar surface area (TPSA) is 3.24 Å². The second-order valence-corrected chi connectivity index (χ2v) is 8.90. The largest absolute Gasteiger partial charge is 0.310 e. The van der Waals surface area contributed by atoms with E-state index in [1.807, 2.05) is 65.6 Å². The van der Waals surface area contributed by atoms with E-state index in [2.05, 4.69) is 15.9 Å². The Kier molecular flexibility index (Phi) is 3.78. The molecule has 0 unspecified atom stereocenters. The minimum absolute atomic E-state index is 0.112. The van der Waals surface area contributed by atoms with E-state index < -0.39 is 36.3 Å². The molecular formula is C34H24BrN. The number of rotatable bonds is 5. The Balaban J connectivity index is 1.52. The highest BCUT2D eigenvalue weighted by Gasteiger charge is 2.16. The second-order valence-electron chi connectivity index (χ2n) is 8.04. The molecule has 0 heterocycles. The summed E-state index contributed by atoms with van der Waals surface area (Å²) in [5.41, 5.74) is 3.45. The molecule has 2 heteroatoms. The summed E-state index contributed by atoms with van der Waals surface area (Å²) in [6.07, 6.45) is 0. The summed E-state index contributed by atoms with van der Waals surface area (Å²) in [6.45, 7) is 0. The molecule has 0 aliphatic heterocycles. The molecule has 0 aliphatic carbocycles. The van der Waals surface area contributed by atoms with Crippen LogP contribution in [0.1, 0.15) is 13.7 Å². The summed E-state index contributed by atoms with van der Waals surface area (Å²) < 4.78 is 82.7. The molecular weight excluding hydrogens is 502 g/mol. The van der Waals surface area contributed by atoms with Crippen LogP contribution in [0, 0.1) is 0 Å². The maximum Gasteiger partial charge on any atom is 0.0629 e. The van der Waals surface area contributed by atoms with Crippen LogP contribution in [0.25, 0.3) is 33.0 Å². The van der Waals surface area contributed by atoms with E-state index in [1.165, 1.54) is 0 Å². The summed E-state index contributed by atoms with van der Waals surface area (Å²) in [7, 11) is 0. The van der Waals surface area contributed by atoms with Crippen LogP contribution in [0.2, 0.25) is 0 Å². The van der Waals surface area contributed by atoms with Crippen LogP contribution in [0.5, 0.6) is 0 Å². The highest BCUT2D eigenvalue weighted by Crippen LogP contribution is 2.41. The molecule has 172 valence electrons. The van der Waals surface area contributed by atoms with Crippen molar-refractivity contribution in [3.8, 4) is 22.3 Å². The summed E-state index contributed by atoms with van der Waals surface area (Å²) in [5.74, 6) is 0. The molecule has 0 aromatic heterocycles. The van der Waals surface area contributed by atoms with Crippen molar-refractivity contribution in [2.75, 3.05) is 4.90 Å². The van der Waals surface area contributed by atoms with Crippen molar-refractivity contribution >= 4 is 43.8 Å². The molecule has 0 saturated heterocycles. The lowest BCUT2D eigenvalue weighted by atomic mass is 10.0.